The standard InChI is InChI=1S/C16H22N6O.3C2H6/c1-11-21-10-14(15(23)22-11)13-5-3-12(4-6-13)9-19-7-2-8-20-16(17)18;3*1-2/h3-6,10,19H,2,7-9H2,1H3,(H4,17,18,20)(H,21,22,23);3*1-2H3. The molecule has 0 saturated heterocycles. The van der Waals surface area contributed by atoms with Gasteiger partial charge in [-0.15, -0.1) is 0 Å². The van der Waals surface area contributed by atoms with Crippen LogP contribution in [0.15, 0.2) is 40.2 Å². The van der Waals surface area contributed by atoms with Crippen LogP contribution in [0.5, 0.6) is 0 Å². The van der Waals surface area contributed by atoms with Crippen LogP contribution in [-0.2, 0) is 6.54 Å². The molecule has 1 aromatic heterocycles. The third-order valence-electron chi connectivity index (χ3n) is 3.33. The predicted octanol–water partition coefficient (Wildman–Crippen LogP) is 3.58. The van der Waals surface area contributed by atoms with E-state index in [2.05, 4.69) is 20.3 Å². The number of aromatic amines is 1. The number of nitrogens with one attached hydrogen (secondary N) is 2. The molecule has 164 valence electrons. The first kappa shape index (κ1) is 28.5. The summed E-state index contributed by atoms with van der Waals surface area (Å²) < 4.78 is 0. The van der Waals surface area contributed by atoms with Crippen molar-refractivity contribution in [3.05, 3.63) is 52.2 Å². The number of aryl methyl sites for hydroxylation is 1. The van der Waals surface area contributed by atoms with E-state index < -0.39 is 0 Å². The van der Waals surface area contributed by atoms with Crippen molar-refractivity contribution in [2.75, 3.05) is 13.1 Å². The number of benzene rings is 1. The maximum atomic E-state index is 11.9. The maximum Gasteiger partial charge on any atom is 0.258 e. The van der Waals surface area contributed by atoms with Crippen LogP contribution in [0, 0.1) is 6.92 Å². The number of guanidine groups is 1. The zero-order valence-electron chi connectivity index (χ0n) is 19.2. The molecule has 1 heterocycles. The van der Waals surface area contributed by atoms with Crippen molar-refractivity contribution < 1.29 is 0 Å². The number of hydrogen-bond donors (Lipinski definition) is 4. The lowest BCUT2D eigenvalue weighted by Gasteiger charge is -2.06. The van der Waals surface area contributed by atoms with E-state index >= 15 is 0 Å². The molecule has 0 aliphatic rings. The lowest BCUT2D eigenvalue weighted by molar-refractivity contribution is 0.655. The fourth-order valence-electron chi connectivity index (χ4n) is 2.14. The zero-order valence-corrected chi connectivity index (χ0v) is 19.2. The van der Waals surface area contributed by atoms with Crippen LogP contribution >= 0.6 is 0 Å². The number of aromatic nitrogens is 2. The van der Waals surface area contributed by atoms with Crippen molar-refractivity contribution >= 4 is 5.96 Å². The predicted molar refractivity (Wildman–Crippen MR) is 126 cm³/mol. The molecule has 0 unspecified atom stereocenters. The summed E-state index contributed by atoms with van der Waals surface area (Å²) in [5, 5.41) is 3.32. The number of H-pyrrole nitrogens is 1. The zero-order chi connectivity index (χ0) is 22.7. The van der Waals surface area contributed by atoms with Gasteiger partial charge in [0.1, 0.15) is 5.82 Å². The van der Waals surface area contributed by atoms with Gasteiger partial charge < -0.3 is 21.8 Å². The smallest absolute Gasteiger partial charge is 0.258 e. The summed E-state index contributed by atoms with van der Waals surface area (Å²) in [5.74, 6) is 0.737. The average molecular weight is 405 g/mol. The van der Waals surface area contributed by atoms with Crippen LogP contribution in [0.1, 0.15) is 59.4 Å². The largest absolute Gasteiger partial charge is 0.370 e. The van der Waals surface area contributed by atoms with Gasteiger partial charge in [-0.25, -0.2) is 4.98 Å². The first-order chi connectivity index (χ1) is 14.1. The van der Waals surface area contributed by atoms with Crippen LogP contribution in [0.3, 0.4) is 0 Å². The Morgan fingerprint density at radius 3 is 2.17 bits per heavy atom. The quantitative estimate of drug-likeness (QED) is 0.319. The lowest BCUT2D eigenvalue weighted by Crippen LogP contribution is -2.23. The average Bonchev–Trinajstić information content (AvgIpc) is 2.75. The molecule has 1 aromatic carbocycles. The van der Waals surface area contributed by atoms with Gasteiger partial charge in [0.2, 0.25) is 0 Å². The summed E-state index contributed by atoms with van der Waals surface area (Å²) in [5.41, 5.74) is 13.0. The molecule has 6 N–H and O–H groups in total. The normalized spacial score (nSPS) is 8.93. The number of aliphatic imine (C=N–C) groups is 1. The molecule has 2 aromatic rings. The Kier molecular flexibility index (Phi) is 18.4. The minimum absolute atomic E-state index is 0.122. The molecule has 0 aliphatic carbocycles. The SMILES string of the molecule is CC.CC.CC.Cc1ncc(-c2ccc(CNCCCN=C(N)N)cc2)c(=O)[nH]1. The van der Waals surface area contributed by atoms with Crippen molar-refractivity contribution in [3.63, 3.8) is 0 Å². The van der Waals surface area contributed by atoms with Crippen LogP contribution < -0.4 is 22.3 Å². The van der Waals surface area contributed by atoms with Gasteiger partial charge in [0, 0.05) is 19.3 Å². The molecular weight excluding hydrogens is 364 g/mol. The van der Waals surface area contributed by atoms with Crippen molar-refractivity contribution in [3.8, 4) is 11.1 Å². The van der Waals surface area contributed by atoms with E-state index in [1.165, 1.54) is 0 Å². The Balaban J connectivity index is 0. The highest BCUT2D eigenvalue weighted by atomic mass is 16.1. The Hall–Kier alpha value is -2.67. The molecule has 0 aliphatic heterocycles. The van der Waals surface area contributed by atoms with Crippen molar-refractivity contribution in [1.82, 2.24) is 15.3 Å². The second-order valence-corrected chi connectivity index (χ2v) is 5.25. The van der Waals surface area contributed by atoms with Crippen LogP contribution in [0.2, 0.25) is 0 Å². The fraction of sp³-hybridized carbons (Fsp3) is 0.500. The number of nitrogens with zero attached hydrogens (tertiary/aromatic N) is 2. The summed E-state index contributed by atoms with van der Waals surface area (Å²) in [6, 6.07) is 7.85. The highest BCUT2D eigenvalue weighted by Gasteiger charge is 2.04. The molecular formula is C22H40N6O. The van der Waals surface area contributed by atoms with Crippen LogP contribution in [-0.4, -0.2) is 29.0 Å². The highest BCUT2D eigenvalue weighted by Crippen LogP contribution is 2.15. The van der Waals surface area contributed by atoms with E-state index in [9.17, 15) is 4.79 Å². The van der Waals surface area contributed by atoms with E-state index in [1.54, 1.807) is 13.1 Å². The Bertz CT molecular complexity index is 719. The van der Waals surface area contributed by atoms with Gasteiger partial charge in [0.15, 0.2) is 5.96 Å². The van der Waals surface area contributed by atoms with Crippen molar-refractivity contribution in [2.24, 2.45) is 16.5 Å². The van der Waals surface area contributed by atoms with Crippen molar-refractivity contribution in [2.45, 2.75) is 61.4 Å². The summed E-state index contributed by atoms with van der Waals surface area (Å²) in [4.78, 5) is 22.7. The van der Waals surface area contributed by atoms with E-state index in [0.29, 0.717) is 17.9 Å². The fourth-order valence-corrected chi connectivity index (χ4v) is 2.14. The van der Waals surface area contributed by atoms with Gasteiger partial charge >= 0.3 is 0 Å². The number of nitrogens with two attached hydrogens (primary N) is 2. The van der Waals surface area contributed by atoms with Crippen LogP contribution in [0.25, 0.3) is 11.1 Å². The third-order valence-corrected chi connectivity index (χ3v) is 3.33. The topological polar surface area (TPSA) is 122 Å². The van der Waals surface area contributed by atoms with Gasteiger partial charge in [-0.1, -0.05) is 65.8 Å². The van der Waals surface area contributed by atoms with E-state index in [-0.39, 0.29) is 11.5 Å². The Labute approximate surface area is 176 Å². The van der Waals surface area contributed by atoms with Crippen molar-refractivity contribution in [1.29, 1.82) is 0 Å². The highest BCUT2D eigenvalue weighted by molar-refractivity contribution is 5.75. The van der Waals surface area contributed by atoms with E-state index in [0.717, 1.165) is 30.6 Å². The summed E-state index contributed by atoms with van der Waals surface area (Å²) in [6.45, 7) is 16.0. The monoisotopic (exact) mass is 404 g/mol. The van der Waals surface area contributed by atoms with Gasteiger partial charge in [-0.2, -0.15) is 0 Å². The third kappa shape index (κ3) is 12.4. The molecule has 0 fully saturated rings. The molecule has 0 radical (unpaired) electrons. The van der Waals surface area contributed by atoms with Gasteiger partial charge in [-0.3, -0.25) is 9.79 Å². The minimum atomic E-state index is -0.122. The molecule has 7 nitrogen and oxygen atoms in total. The number of hydrogen-bond acceptors (Lipinski definition) is 4. The molecule has 0 atom stereocenters. The molecule has 0 bridgehead atoms. The second kappa shape index (κ2) is 18.7. The Morgan fingerprint density at radius 1 is 1.07 bits per heavy atom. The first-order valence-corrected chi connectivity index (χ1v) is 10.5. The van der Waals surface area contributed by atoms with Gasteiger partial charge in [0.25, 0.3) is 5.56 Å². The first-order valence-electron chi connectivity index (χ1n) is 10.5. The van der Waals surface area contributed by atoms with E-state index in [4.69, 9.17) is 11.5 Å². The lowest BCUT2D eigenvalue weighted by atomic mass is 10.1. The molecule has 2 rings (SSSR count). The maximum absolute atomic E-state index is 11.9. The number of rotatable bonds is 7. The summed E-state index contributed by atoms with van der Waals surface area (Å²) in [6.07, 6.45) is 2.48. The van der Waals surface area contributed by atoms with Crippen LogP contribution in [0.4, 0.5) is 0 Å². The van der Waals surface area contributed by atoms with Gasteiger partial charge in [0.05, 0.1) is 5.56 Å². The molecule has 0 saturated carbocycles. The summed E-state index contributed by atoms with van der Waals surface area (Å²) >= 11 is 0. The van der Waals surface area contributed by atoms with E-state index in [1.807, 2.05) is 65.8 Å². The van der Waals surface area contributed by atoms with Gasteiger partial charge in [-0.05, 0) is 31.0 Å². The molecule has 7 heteroatoms. The molecule has 0 spiro atoms. The molecule has 29 heavy (non-hydrogen) atoms. The molecule has 0 amide bonds. The minimum Gasteiger partial charge on any atom is -0.370 e. The second-order valence-electron chi connectivity index (χ2n) is 5.25. The Morgan fingerprint density at radius 2 is 1.66 bits per heavy atom. The summed E-state index contributed by atoms with van der Waals surface area (Å²) in [7, 11) is 0.